The van der Waals surface area contributed by atoms with Crippen LogP contribution in [-0.4, -0.2) is 12.1 Å². The van der Waals surface area contributed by atoms with Crippen molar-refractivity contribution in [1.29, 1.82) is 0 Å². The summed E-state index contributed by atoms with van der Waals surface area (Å²) in [6.07, 6.45) is 24.5. The van der Waals surface area contributed by atoms with Crippen LogP contribution in [0.5, 0.6) is 0 Å². The normalized spacial score (nSPS) is 27.7. The number of hydrogen-bond acceptors (Lipinski definition) is 2. The molecule has 1 aliphatic heterocycles. The first-order valence-corrected chi connectivity index (χ1v) is 8.97. The van der Waals surface area contributed by atoms with E-state index in [1.807, 2.05) is 0 Å². The van der Waals surface area contributed by atoms with Crippen LogP contribution in [-0.2, 0) is 9.53 Å². The molecule has 1 aliphatic rings. The van der Waals surface area contributed by atoms with Gasteiger partial charge in [0.05, 0.1) is 0 Å². The number of allylic oxidation sites excluding steroid dienone is 6. The maximum atomic E-state index is 11.8. The maximum absolute atomic E-state index is 11.8. The lowest BCUT2D eigenvalue weighted by atomic mass is 10.1. The summed E-state index contributed by atoms with van der Waals surface area (Å²) < 4.78 is 5.58. The van der Waals surface area contributed by atoms with Gasteiger partial charge in [-0.3, -0.25) is 4.79 Å². The van der Waals surface area contributed by atoms with Gasteiger partial charge in [-0.25, -0.2) is 0 Å². The SMILES string of the molecule is CCC1CCCCC/C=C\C/C=C\C/C=C\CCCC(=O)O1. The number of carbonyl (C=O) groups is 1. The van der Waals surface area contributed by atoms with Gasteiger partial charge < -0.3 is 4.74 Å². The Morgan fingerprint density at radius 2 is 1.55 bits per heavy atom. The summed E-state index contributed by atoms with van der Waals surface area (Å²) in [5.74, 6) is -0.0269. The molecular weight excluding hydrogens is 272 g/mol. The van der Waals surface area contributed by atoms with Gasteiger partial charge in [-0.15, -0.1) is 0 Å². The number of ether oxygens (including phenoxy) is 1. The van der Waals surface area contributed by atoms with Crippen molar-refractivity contribution in [3.8, 4) is 0 Å². The molecule has 1 atom stereocenters. The van der Waals surface area contributed by atoms with Crippen LogP contribution in [0.4, 0.5) is 0 Å². The molecule has 0 N–H and O–H groups in total. The summed E-state index contributed by atoms with van der Waals surface area (Å²) in [5.41, 5.74) is 0. The lowest BCUT2D eigenvalue weighted by molar-refractivity contribution is -0.149. The van der Waals surface area contributed by atoms with Crippen LogP contribution in [0.25, 0.3) is 0 Å². The summed E-state index contributed by atoms with van der Waals surface area (Å²) in [4.78, 5) is 11.8. The van der Waals surface area contributed by atoms with Gasteiger partial charge in [0.25, 0.3) is 0 Å². The average Bonchev–Trinajstić information content (AvgIpc) is 2.52. The molecule has 0 amide bonds. The zero-order chi connectivity index (χ0) is 15.9. The minimum absolute atomic E-state index is 0.0269. The quantitative estimate of drug-likeness (QED) is 0.446. The van der Waals surface area contributed by atoms with Gasteiger partial charge in [-0.1, -0.05) is 49.8 Å². The van der Waals surface area contributed by atoms with Crippen molar-refractivity contribution in [3.05, 3.63) is 36.5 Å². The largest absolute Gasteiger partial charge is 0.462 e. The zero-order valence-corrected chi connectivity index (χ0v) is 14.1. The Morgan fingerprint density at radius 3 is 2.23 bits per heavy atom. The van der Waals surface area contributed by atoms with Crippen molar-refractivity contribution < 1.29 is 9.53 Å². The second kappa shape index (κ2) is 13.4. The van der Waals surface area contributed by atoms with Crippen molar-refractivity contribution in [1.82, 2.24) is 0 Å². The Balaban J connectivity index is 2.41. The monoisotopic (exact) mass is 304 g/mol. The van der Waals surface area contributed by atoms with Gasteiger partial charge in [-0.2, -0.15) is 0 Å². The van der Waals surface area contributed by atoms with Crippen molar-refractivity contribution in [3.63, 3.8) is 0 Å². The minimum atomic E-state index is -0.0269. The van der Waals surface area contributed by atoms with Crippen LogP contribution in [0.1, 0.15) is 77.6 Å². The Bertz CT molecular complexity index is 366. The summed E-state index contributed by atoms with van der Waals surface area (Å²) in [7, 11) is 0. The Kier molecular flexibility index (Phi) is 11.4. The van der Waals surface area contributed by atoms with Crippen LogP contribution < -0.4 is 0 Å². The molecule has 0 fully saturated rings. The average molecular weight is 304 g/mol. The van der Waals surface area contributed by atoms with Crippen LogP contribution in [0.3, 0.4) is 0 Å². The van der Waals surface area contributed by atoms with Gasteiger partial charge in [0.2, 0.25) is 0 Å². The summed E-state index contributed by atoms with van der Waals surface area (Å²) >= 11 is 0. The van der Waals surface area contributed by atoms with E-state index in [2.05, 4.69) is 43.4 Å². The molecule has 0 aliphatic carbocycles. The van der Waals surface area contributed by atoms with E-state index in [9.17, 15) is 4.79 Å². The summed E-state index contributed by atoms with van der Waals surface area (Å²) in [5, 5.41) is 0. The van der Waals surface area contributed by atoms with Gasteiger partial charge in [0.15, 0.2) is 0 Å². The molecule has 0 bridgehead atoms. The number of carbonyl (C=O) groups excluding carboxylic acids is 1. The van der Waals surface area contributed by atoms with Crippen LogP contribution in [0, 0.1) is 0 Å². The lowest BCUT2D eigenvalue weighted by Crippen LogP contribution is -2.17. The predicted octanol–water partition coefficient (Wildman–Crippen LogP) is 5.89. The molecule has 0 aromatic heterocycles. The van der Waals surface area contributed by atoms with E-state index in [4.69, 9.17) is 4.74 Å². The first-order valence-electron chi connectivity index (χ1n) is 8.97. The molecule has 2 nitrogen and oxygen atoms in total. The standard InChI is InChI=1S/C20H32O2/c1-2-19-17-15-13-11-9-7-5-3-4-6-8-10-12-14-16-18-20(21)22-19/h4-7,10,12,19H,2-3,8-9,11,13-18H2,1H3/b6-4-,7-5-,12-10-. The molecule has 124 valence electrons. The predicted molar refractivity (Wildman–Crippen MR) is 93.8 cm³/mol. The Labute approximate surface area is 136 Å². The summed E-state index contributed by atoms with van der Waals surface area (Å²) in [6.45, 7) is 2.10. The van der Waals surface area contributed by atoms with E-state index in [0.717, 1.165) is 51.4 Å². The highest BCUT2D eigenvalue weighted by molar-refractivity contribution is 5.69. The van der Waals surface area contributed by atoms with E-state index >= 15 is 0 Å². The fraction of sp³-hybridized carbons (Fsp3) is 0.650. The van der Waals surface area contributed by atoms with E-state index in [1.165, 1.54) is 12.8 Å². The van der Waals surface area contributed by atoms with Gasteiger partial charge in [0, 0.05) is 6.42 Å². The van der Waals surface area contributed by atoms with E-state index in [-0.39, 0.29) is 12.1 Å². The molecular formula is C20H32O2. The molecule has 1 rings (SSSR count). The third-order valence-electron chi connectivity index (χ3n) is 3.95. The van der Waals surface area contributed by atoms with Crippen molar-refractivity contribution in [2.24, 2.45) is 0 Å². The lowest BCUT2D eigenvalue weighted by Gasteiger charge is -2.16. The third kappa shape index (κ3) is 10.4. The highest BCUT2D eigenvalue weighted by atomic mass is 16.5. The maximum Gasteiger partial charge on any atom is 0.306 e. The highest BCUT2D eigenvalue weighted by Gasteiger charge is 2.11. The van der Waals surface area contributed by atoms with Crippen molar-refractivity contribution in [2.45, 2.75) is 83.7 Å². The van der Waals surface area contributed by atoms with E-state index in [0.29, 0.717) is 6.42 Å². The highest BCUT2D eigenvalue weighted by Crippen LogP contribution is 2.13. The Morgan fingerprint density at radius 1 is 0.909 bits per heavy atom. The Hall–Kier alpha value is -1.31. The minimum Gasteiger partial charge on any atom is -0.462 e. The van der Waals surface area contributed by atoms with Crippen LogP contribution in [0.2, 0.25) is 0 Å². The number of esters is 1. The van der Waals surface area contributed by atoms with Gasteiger partial charge in [-0.05, 0) is 57.8 Å². The fourth-order valence-corrected chi connectivity index (χ4v) is 2.54. The first kappa shape index (κ1) is 18.7. The molecule has 0 spiro atoms. The smallest absolute Gasteiger partial charge is 0.306 e. The third-order valence-corrected chi connectivity index (χ3v) is 3.95. The van der Waals surface area contributed by atoms with Crippen LogP contribution >= 0.6 is 0 Å². The zero-order valence-electron chi connectivity index (χ0n) is 14.1. The second-order valence-electron chi connectivity index (χ2n) is 5.94. The molecule has 2 heteroatoms. The summed E-state index contributed by atoms with van der Waals surface area (Å²) in [6, 6.07) is 0. The first-order chi connectivity index (χ1) is 10.8. The van der Waals surface area contributed by atoms with Crippen molar-refractivity contribution >= 4 is 5.97 Å². The molecule has 1 heterocycles. The van der Waals surface area contributed by atoms with Crippen LogP contribution in [0.15, 0.2) is 36.5 Å². The molecule has 22 heavy (non-hydrogen) atoms. The van der Waals surface area contributed by atoms with Crippen molar-refractivity contribution in [2.75, 3.05) is 0 Å². The number of rotatable bonds is 1. The molecule has 1 unspecified atom stereocenters. The van der Waals surface area contributed by atoms with E-state index in [1.54, 1.807) is 0 Å². The molecule has 0 aromatic rings. The molecule has 0 aromatic carbocycles. The number of hydrogen-bond donors (Lipinski definition) is 0. The second-order valence-corrected chi connectivity index (χ2v) is 5.94. The van der Waals surface area contributed by atoms with Gasteiger partial charge >= 0.3 is 5.97 Å². The van der Waals surface area contributed by atoms with Gasteiger partial charge in [0.1, 0.15) is 6.10 Å². The molecule has 0 radical (unpaired) electrons. The topological polar surface area (TPSA) is 26.3 Å². The fourth-order valence-electron chi connectivity index (χ4n) is 2.54. The van der Waals surface area contributed by atoms with E-state index < -0.39 is 0 Å². The molecule has 0 saturated heterocycles. The number of cyclic esters (lactones) is 1. The molecule has 0 saturated carbocycles.